The van der Waals surface area contributed by atoms with E-state index in [9.17, 15) is 4.39 Å². The third-order valence-electron chi connectivity index (χ3n) is 4.37. The Labute approximate surface area is 128 Å². The topological polar surface area (TPSA) is 18.5 Å². The minimum absolute atomic E-state index is 0.109. The van der Waals surface area contributed by atoms with Gasteiger partial charge in [0.05, 0.1) is 0 Å². The molecule has 3 nitrogen and oxygen atoms in total. The molecule has 0 radical (unpaired) electrons. The lowest BCUT2D eigenvalue weighted by molar-refractivity contribution is 0.0974. The van der Waals surface area contributed by atoms with Crippen molar-refractivity contribution in [1.82, 2.24) is 15.1 Å². The molecule has 0 aromatic heterocycles. The number of nitrogens with zero attached hydrogens (tertiary/aromatic N) is 2. The Morgan fingerprint density at radius 1 is 1.25 bits per heavy atom. The van der Waals surface area contributed by atoms with Crippen LogP contribution in [0.3, 0.4) is 0 Å². The van der Waals surface area contributed by atoms with E-state index in [2.05, 4.69) is 31.0 Å². The summed E-state index contributed by atoms with van der Waals surface area (Å²) < 4.78 is 14.7. The summed E-state index contributed by atoms with van der Waals surface area (Å²) in [6.07, 6.45) is 1.27. The second kappa shape index (κ2) is 6.52. The lowest BCUT2D eigenvalue weighted by Gasteiger charge is -2.37. The zero-order chi connectivity index (χ0) is 13.9. The predicted octanol–water partition coefficient (Wildman–Crippen LogP) is 2.07. The maximum absolute atomic E-state index is 13.9. The zero-order valence-corrected chi connectivity index (χ0v) is 13.2. The van der Waals surface area contributed by atoms with Crippen LogP contribution < -0.4 is 5.32 Å². The van der Waals surface area contributed by atoms with E-state index in [4.69, 9.17) is 0 Å². The van der Waals surface area contributed by atoms with Crippen molar-refractivity contribution in [1.29, 1.82) is 0 Å². The molecule has 2 heterocycles. The van der Waals surface area contributed by atoms with Gasteiger partial charge in [-0.2, -0.15) is 0 Å². The van der Waals surface area contributed by atoms with Crippen molar-refractivity contribution in [2.24, 2.45) is 0 Å². The normalized spacial score (nSPS) is 25.2. The fourth-order valence-corrected chi connectivity index (χ4v) is 3.46. The molecule has 2 aliphatic rings. The first-order valence-corrected chi connectivity index (χ1v) is 8.13. The van der Waals surface area contributed by atoms with Gasteiger partial charge in [0.1, 0.15) is 5.82 Å². The maximum Gasteiger partial charge on any atom is 0.128 e. The van der Waals surface area contributed by atoms with Gasteiger partial charge in [-0.15, -0.1) is 0 Å². The van der Waals surface area contributed by atoms with Gasteiger partial charge in [-0.1, -0.05) is 22.0 Å². The number of benzene rings is 1. The summed E-state index contributed by atoms with van der Waals surface area (Å²) in [5.74, 6) is -0.109. The zero-order valence-electron chi connectivity index (χ0n) is 11.6. The summed E-state index contributed by atoms with van der Waals surface area (Å²) in [6, 6.07) is 6.06. The molecule has 0 bridgehead atoms. The highest BCUT2D eigenvalue weighted by Gasteiger charge is 2.26. The number of halogens is 2. The average Bonchev–Trinajstić information content (AvgIpc) is 2.97. The van der Waals surface area contributed by atoms with E-state index in [1.807, 2.05) is 12.1 Å². The molecule has 0 amide bonds. The monoisotopic (exact) mass is 341 g/mol. The second-order valence-electron chi connectivity index (χ2n) is 5.69. The Bertz CT molecular complexity index is 454. The van der Waals surface area contributed by atoms with Gasteiger partial charge in [0.2, 0.25) is 0 Å². The van der Waals surface area contributed by atoms with Crippen LogP contribution in [0.15, 0.2) is 22.7 Å². The number of nitrogens with one attached hydrogen (secondary N) is 1. The summed E-state index contributed by atoms with van der Waals surface area (Å²) in [5.41, 5.74) is 0.796. The van der Waals surface area contributed by atoms with Gasteiger partial charge >= 0.3 is 0 Å². The number of rotatable bonds is 3. The summed E-state index contributed by atoms with van der Waals surface area (Å²) >= 11 is 3.30. The van der Waals surface area contributed by atoms with Crippen LogP contribution in [0, 0.1) is 5.82 Å². The van der Waals surface area contributed by atoms with Gasteiger partial charge in [-0.25, -0.2) is 4.39 Å². The highest BCUT2D eigenvalue weighted by molar-refractivity contribution is 9.10. The van der Waals surface area contributed by atoms with Crippen LogP contribution in [0.4, 0.5) is 4.39 Å². The van der Waals surface area contributed by atoms with Gasteiger partial charge in [-0.3, -0.25) is 9.80 Å². The van der Waals surface area contributed by atoms with E-state index in [0.717, 1.165) is 55.8 Å². The smallest absolute Gasteiger partial charge is 0.128 e. The van der Waals surface area contributed by atoms with Crippen LogP contribution in [0.5, 0.6) is 0 Å². The van der Waals surface area contributed by atoms with Crippen LogP contribution in [0.1, 0.15) is 12.0 Å². The number of hydrogen-bond acceptors (Lipinski definition) is 3. The molecule has 1 aromatic rings. The van der Waals surface area contributed by atoms with Gasteiger partial charge in [0, 0.05) is 55.3 Å². The molecule has 1 atom stereocenters. The average molecular weight is 342 g/mol. The first-order valence-electron chi connectivity index (χ1n) is 7.33. The van der Waals surface area contributed by atoms with Crippen molar-refractivity contribution in [3.63, 3.8) is 0 Å². The Kier molecular flexibility index (Phi) is 4.71. The van der Waals surface area contributed by atoms with E-state index < -0.39 is 0 Å². The summed E-state index contributed by atoms with van der Waals surface area (Å²) in [7, 11) is 0. The molecule has 0 aliphatic carbocycles. The number of hydrogen-bond donors (Lipinski definition) is 1. The third kappa shape index (κ3) is 3.39. The fourth-order valence-electron chi connectivity index (χ4n) is 3.13. The summed E-state index contributed by atoms with van der Waals surface area (Å²) in [6.45, 7) is 7.26. The van der Waals surface area contributed by atoms with Gasteiger partial charge in [-0.05, 0) is 25.1 Å². The molecule has 1 unspecified atom stereocenters. The van der Waals surface area contributed by atoms with Crippen molar-refractivity contribution < 1.29 is 4.39 Å². The first-order chi connectivity index (χ1) is 9.72. The van der Waals surface area contributed by atoms with Crippen LogP contribution in [-0.4, -0.2) is 55.1 Å². The summed E-state index contributed by atoms with van der Waals surface area (Å²) in [4.78, 5) is 4.93. The first kappa shape index (κ1) is 14.4. The lowest BCUT2D eigenvalue weighted by Crippen LogP contribution is -2.50. The molecular weight excluding hydrogens is 321 g/mol. The SMILES string of the molecule is Fc1cc(Br)ccc1CN1CCN(C2CCNC2)CC1. The molecule has 20 heavy (non-hydrogen) atoms. The molecular formula is C15H21BrFN3. The molecule has 0 spiro atoms. The Morgan fingerprint density at radius 3 is 2.70 bits per heavy atom. The van der Waals surface area contributed by atoms with Gasteiger partial charge in [0.25, 0.3) is 0 Å². The minimum Gasteiger partial charge on any atom is -0.315 e. The molecule has 2 fully saturated rings. The molecule has 2 saturated heterocycles. The minimum atomic E-state index is -0.109. The van der Waals surface area contributed by atoms with Gasteiger partial charge < -0.3 is 5.32 Å². The van der Waals surface area contributed by atoms with E-state index in [1.165, 1.54) is 6.42 Å². The fraction of sp³-hybridized carbons (Fsp3) is 0.600. The van der Waals surface area contributed by atoms with E-state index in [1.54, 1.807) is 6.07 Å². The highest BCUT2D eigenvalue weighted by Crippen LogP contribution is 2.18. The van der Waals surface area contributed by atoms with Gasteiger partial charge in [0.15, 0.2) is 0 Å². The van der Waals surface area contributed by atoms with Crippen LogP contribution in [0.25, 0.3) is 0 Å². The quantitative estimate of drug-likeness (QED) is 0.907. The molecule has 110 valence electrons. The highest BCUT2D eigenvalue weighted by atomic mass is 79.9. The second-order valence-corrected chi connectivity index (χ2v) is 6.61. The van der Waals surface area contributed by atoms with Crippen molar-refractivity contribution in [2.45, 2.75) is 19.0 Å². The Morgan fingerprint density at radius 2 is 2.05 bits per heavy atom. The molecule has 1 aromatic carbocycles. The van der Waals surface area contributed by atoms with E-state index in [0.29, 0.717) is 6.04 Å². The molecule has 5 heteroatoms. The van der Waals surface area contributed by atoms with E-state index in [-0.39, 0.29) is 5.82 Å². The predicted molar refractivity (Wildman–Crippen MR) is 82.2 cm³/mol. The van der Waals surface area contributed by atoms with E-state index >= 15 is 0 Å². The molecule has 0 saturated carbocycles. The lowest BCUT2D eigenvalue weighted by atomic mass is 10.1. The van der Waals surface area contributed by atoms with Crippen molar-refractivity contribution in [2.75, 3.05) is 39.3 Å². The summed E-state index contributed by atoms with van der Waals surface area (Å²) in [5, 5.41) is 3.42. The van der Waals surface area contributed by atoms with Crippen molar-refractivity contribution in [3.05, 3.63) is 34.1 Å². The van der Waals surface area contributed by atoms with Crippen molar-refractivity contribution >= 4 is 15.9 Å². The standard InChI is InChI=1S/C15H21BrFN3/c16-13-2-1-12(15(17)9-13)11-19-5-7-20(8-6-19)14-3-4-18-10-14/h1-2,9,14,18H,3-8,10-11H2. The Hall–Kier alpha value is -0.490. The van der Waals surface area contributed by atoms with Crippen LogP contribution >= 0.6 is 15.9 Å². The molecule has 1 N–H and O–H groups in total. The van der Waals surface area contributed by atoms with Crippen molar-refractivity contribution in [3.8, 4) is 0 Å². The third-order valence-corrected chi connectivity index (χ3v) is 4.86. The maximum atomic E-state index is 13.9. The van der Waals surface area contributed by atoms with Crippen LogP contribution in [0.2, 0.25) is 0 Å². The molecule has 3 rings (SSSR count). The number of piperazine rings is 1. The molecule has 2 aliphatic heterocycles. The largest absolute Gasteiger partial charge is 0.315 e. The Balaban J connectivity index is 1.53. The van der Waals surface area contributed by atoms with Crippen LogP contribution in [-0.2, 0) is 6.54 Å².